The van der Waals surface area contributed by atoms with Crippen molar-refractivity contribution in [3.05, 3.63) is 58.6 Å². The smallest absolute Gasteiger partial charge is 0.106 e. The van der Waals surface area contributed by atoms with Crippen molar-refractivity contribution in [2.24, 2.45) is 0 Å². The summed E-state index contributed by atoms with van der Waals surface area (Å²) in [5.74, 6) is 0. The van der Waals surface area contributed by atoms with Crippen LogP contribution in [0.15, 0.2) is 47.3 Å². The molecule has 1 N–H and O–H groups in total. The molecule has 1 atom stereocenters. The van der Waals surface area contributed by atoms with Crippen LogP contribution < -0.4 is 5.32 Å². The molecule has 0 aliphatic rings. The van der Waals surface area contributed by atoms with Crippen molar-refractivity contribution in [2.45, 2.75) is 19.5 Å². The molecule has 2 aromatic rings. The first-order chi connectivity index (χ1) is 8.25. The summed E-state index contributed by atoms with van der Waals surface area (Å²) in [5.41, 5.74) is 2.21. The Bertz CT molecular complexity index is 473. The minimum Gasteiger partial charge on any atom is -0.305 e. The van der Waals surface area contributed by atoms with Gasteiger partial charge in [-0.15, -0.1) is 0 Å². The molecule has 0 spiro atoms. The summed E-state index contributed by atoms with van der Waals surface area (Å²) in [6, 6.07) is 10.2. The lowest BCUT2D eigenvalue weighted by Crippen LogP contribution is -2.18. The van der Waals surface area contributed by atoms with E-state index in [1.54, 1.807) is 6.20 Å². The lowest BCUT2D eigenvalue weighted by atomic mass is 10.1. The second kappa shape index (κ2) is 5.89. The molecule has 3 nitrogen and oxygen atoms in total. The molecular formula is C13H14BrN3. The standard InChI is InChI=1S/C13H14BrN3/c1-10(11-4-3-7-15-8-11)16-9-12-5-2-6-13(14)17-12/h2-8,10,16H,9H2,1H3/t10-/m1/s1. The molecule has 0 amide bonds. The zero-order valence-corrected chi connectivity index (χ0v) is 11.2. The first-order valence-electron chi connectivity index (χ1n) is 5.50. The topological polar surface area (TPSA) is 37.8 Å². The first-order valence-corrected chi connectivity index (χ1v) is 6.30. The molecule has 88 valence electrons. The highest BCUT2D eigenvalue weighted by atomic mass is 79.9. The highest BCUT2D eigenvalue weighted by Crippen LogP contribution is 2.11. The third-order valence-electron chi connectivity index (χ3n) is 2.55. The van der Waals surface area contributed by atoms with E-state index in [1.165, 1.54) is 5.56 Å². The van der Waals surface area contributed by atoms with Crippen molar-refractivity contribution in [2.75, 3.05) is 0 Å². The zero-order chi connectivity index (χ0) is 12.1. The summed E-state index contributed by atoms with van der Waals surface area (Å²) in [5, 5.41) is 3.42. The van der Waals surface area contributed by atoms with Crippen LogP contribution in [0.3, 0.4) is 0 Å². The molecule has 0 saturated carbocycles. The second-order valence-electron chi connectivity index (χ2n) is 3.84. The maximum atomic E-state index is 4.38. The molecule has 0 unspecified atom stereocenters. The predicted octanol–water partition coefficient (Wildman–Crippen LogP) is 3.09. The van der Waals surface area contributed by atoms with Crippen LogP contribution in [0.4, 0.5) is 0 Å². The summed E-state index contributed by atoms with van der Waals surface area (Å²) in [6.45, 7) is 2.87. The van der Waals surface area contributed by atoms with Crippen LogP contribution in [0, 0.1) is 0 Å². The highest BCUT2D eigenvalue weighted by molar-refractivity contribution is 9.10. The SMILES string of the molecule is C[C@@H](NCc1cccc(Br)n1)c1cccnc1. The monoisotopic (exact) mass is 291 g/mol. The number of nitrogens with one attached hydrogen (secondary N) is 1. The van der Waals surface area contributed by atoms with Gasteiger partial charge in [0.15, 0.2) is 0 Å². The summed E-state index contributed by atoms with van der Waals surface area (Å²) >= 11 is 3.37. The molecule has 0 saturated heterocycles. The molecule has 2 heterocycles. The van der Waals surface area contributed by atoms with Gasteiger partial charge in [-0.25, -0.2) is 4.98 Å². The van der Waals surface area contributed by atoms with Gasteiger partial charge < -0.3 is 5.32 Å². The van der Waals surface area contributed by atoms with E-state index in [2.05, 4.69) is 44.2 Å². The van der Waals surface area contributed by atoms with Crippen molar-refractivity contribution in [3.8, 4) is 0 Å². The van der Waals surface area contributed by atoms with Gasteiger partial charge in [-0.3, -0.25) is 4.98 Å². The normalized spacial score (nSPS) is 12.4. The quantitative estimate of drug-likeness (QED) is 0.880. The molecule has 17 heavy (non-hydrogen) atoms. The second-order valence-corrected chi connectivity index (χ2v) is 4.65. The molecule has 2 rings (SSSR count). The van der Waals surface area contributed by atoms with Crippen LogP contribution in [0.25, 0.3) is 0 Å². The number of rotatable bonds is 4. The molecule has 4 heteroatoms. The Morgan fingerprint density at radius 3 is 2.88 bits per heavy atom. The van der Waals surface area contributed by atoms with Gasteiger partial charge in [0.2, 0.25) is 0 Å². The summed E-state index contributed by atoms with van der Waals surface area (Å²) in [4.78, 5) is 8.49. The minimum absolute atomic E-state index is 0.268. The third-order valence-corrected chi connectivity index (χ3v) is 2.99. The molecule has 0 aliphatic heterocycles. The molecule has 2 aromatic heterocycles. The van der Waals surface area contributed by atoms with E-state index < -0.39 is 0 Å². The lowest BCUT2D eigenvalue weighted by Gasteiger charge is -2.13. The number of aromatic nitrogens is 2. The van der Waals surface area contributed by atoms with Gasteiger partial charge in [0.1, 0.15) is 4.60 Å². The lowest BCUT2D eigenvalue weighted by molar-refractivity contribution is 0.566. The van der Waals surface area contributed by atoms with E-state index in [4.69, 9.17) is 0 Å². The van der Waals surface area contributed by atoms with E-state index in [0.29, 0.717) is 0 Å². The highest BCUT2D eigenvalue weighted by Gasteiger charge is 2.04. The fourth-order valence-corrected chi connectivity index (χ4v) is 1.94. The number of hydrogen-bond acceptors (Lipinski definition) is 3. The van der Waals surface area contributed by atoms with Crippen molar-refractivity contribution >= 4 is 15.9 Å². The molecule has 0 aromatic carbocycles. The van der Waals surface area contributed by atoms with E-state index >= 15 is 0 Å². The zero-order valence-electron chi connectivity index (χ0n) is 9.60. The van der Waals surface area contributed by atoms with Gasteiger partial charge in [0.05, 0.1) is 5.69 Å². The molecular weight excluding hydrogens is 278 g/mol. The van der Waals surface area contributed by atoms with Crippen LogP contribution in [-0.2, 0) is 6.54 Å². The maximum Gasteiger partial charge on any atom is 0.106 e. The van der Waals surface area contributed by atoms with Crippen molar-refractivity contribution in [3.63, 3.8) is 0 Å². The van der Waals surface area contributed by atoms with Gasteiger partial charge in [-0.1, -0.05) is 12.1 Å². The Labute approximate surface area is 109 Å². The van der Waals surface area contributed by atoms with E-state index in [9.17, 15) is 0 Å². The summed E-state index contributed by atoms with van der Waals surface area (Å²) < 4.78 is 0.867. The Kier molecular flexibility index (Phi) is 4.23. The van der Waals surface area contributed by atoms with Gasteiger partial charge in [-0.2, -0.15) is 0 Å². The Balaban J connectivity index is 1.95. The number of pyridine rings is 2. The minimum atomic E-state index is 0.268. The number of nitrogens with zero attached hydrogens (tertiary/aromatic N) is 2. The van der Waals surface area contributed by atoms with Gasteiger partial charge in [0, 0.05) is 25.0 Å². The molecule has 0 radical (unpaired) electrons. The number of halogens is 1. The Morgan fingerprint density at radius 2 is 2.18 bits per heavy atom. The van der Waals surface area contributed by atoms with Crippen LogP contribution >= 0.6 is 15.9 Å². The van der Waals surface area contributed by atoms with Gasteiger partial charge in [0.25, 0.3) is 0 Å². The van der Waals surface area contributed by atoms with Crippen molar-refractivity contribution < 1.29 is 0 Å². The van der Waals surface area contributed by atoms with E-state index in [0.717, 1.165) is 16.8 Å². The largest absolute Gasteiger partial charge is 0.305 e. The van der Waals surface area contributed by atoms with Crippen molar-refractivity contribution in [1.29, 1.82) is 0 Å². The molecule has 0 bridgehead atoms. The molecule has 0 aliphatic carbocycles. The predicted molar refractivity (Wildman–Crippen MR) is 71.4 cm³/mol. The van der Waals surface area contributed by atoms with Gasteiger partial charge in [-0.05, 0) is 46.6 Å². The fourth-order valence-electron chi connectivity index (χ4n) is 1.56. The average Bonchev–Trinajstić information content (AvgIpc) is 2.37. The summed E-state index contributed by atoms with van der Waals surface area (Å²) in [7, 11) is 0. The van der Waals surface area contributed by atoms with E-state index in [-0.39, 0.29) is 6.04 Å². The van der Waals surface area contributed by atoms with Crippen LogP contribution in [0.1, 0.15) is 24.2 Å². The van der Waals surface area contributed by atoms with Crippen LogP contribution in [-0.4, -0.2) is 9.97 Å². The average molecular weight is 292 g/mol. The van der Waals surface area contributed by atoms with Crippen LogP contribution in [0.2, 0.25) is 0 Å². The first kappa shape index (κ1) is 12.2. The van der Waals surface area contributed by atoms with Gasteiger partial charge >= 0.3 is 0 Å². The molecule has 0 fully saturated rings. The van der Waals surface area contributed by atoms with Crippen molar-refractivity contribution in [1.82, 2.24) is 15.3 Å². The fraction of sp³-hybridized carbons (Fsp3) is 0.231. The maximum absolute atomic E-state index is 4.38. The Morgan fingerprint density at radius 1 is 1.29 bits per heavy atom. The third kappa shape index (κ3) is 3.61. The number of hydrogen-bond donors (Lipinski definition) is 1. The van der Waals surface area contributed by atoms with Crippen LogP contribution in [0.5, 0.6) is 0 Å². The summed E-state index contributed by atoms with van der Waals surface area (Å²) in [6.07, 6.45) is 3.66. The Hall–Kier alpha value is -1.26. The van der Waals surface area contributed by atoms with E-state index in [1.807, 2.05) is 30.5 Å².